The average molecular weight is 464 g/mol. The number of hydrogen-bond acceptors (Lipinski definition) is 5. The Morgan fingerprint density at radius 3 is 2.39 bits per heavy atom. The summed E-state index contributed by atoms with van der Waals surface area (Å²) in [4.78, 5) is 11.7. The maximum Gasteiger partial charge on any atom is 0.217 e. The first kappa shape index (κ1) is 25.3. The van der Waals surface area contributed by atoms with Gasteiger partial charge in [0.05, 0.1) is 18.7 Å². The fourth-order valence-electron chi connectivity index (χ4n) is 4.42. The first-order valence-corrected chi connectivity index (χ1v) is 11.4. The van der Waals surface area contributed by atoms with Gasteiger partial charge in [-0.25, -0.2) is 8.78 Å². The SMILES string of the molecule is CC(=O)NC(Cc1cc(F)cc(F)c1)C(O)CNC1(C2=CC(CC(C)(C)C)=CN(O)C2)CC1. The summed E-state index contributed by atoms with van der Waals surface area (Å²) < 4.78 is 27.2. The summed E-state index contributed by atoms with van der Waals surface area (Å²) in [5.74, 6) is -1.74. The van der Waals surface area contributed by atoms with Gasteiger partial charge in [-0.2, -0.15) is 0 Å². The molecule has 1 aliphatic carbocycles. The molecule has 6 nitrogen and oxygen atoms in total. The van der Waals surface area contributed by atoms with Crippen molar-refractivity contribution in [3.8, 4) is 0 Å². The molecular formula is C25H35F2N3O3. The van der Waals surface area contributed by atoms with Crippen LogP contribution in [0.25, 0.3) is 0 Å². The van der Waals surface area contributed by atoms with Crippen LogP contribution in [-0.4, -0.2) is 52.1 Å². The number of rotatable bonds is 9. The number of β-amino-alcohol motifs (C(OH)–C–C–N with tert-alkyl or cyclic N) is 1. The van der Waals surface area contributed by atoms with Crippen molar-refractivity contribution in [3.63, 3.8) is 0 Å². The lowest BCUT2D eigenvalue weighted by Gasteiger charge is -2.31. The molecule has 0 aromatic heterocycles. The summed E-state index contributed by atoms with van der Waals surface area (Å²) >= 11 is 0. The topological polar surface area (TPSA) is 84.8 Å². The van der Waals surface area contributed by atoms with Crippen LogP contribution in [0.3, 0.4) is 0 Å². The van der Waals surface area contributed by atoms with Crippen LogP contribution in [0.2, 0.25) is 0 Å². The van der Waals surface area contributed by atoms with Crippen LogP contribution in [0.4, 0.5) is 8.78 Å². The normalized spacial score (nSPS) is 19.5. The highest BCUT2D eigenvalue weighted by molar-refractivity contribution is 5.73. The van der Waals surface area contributed by atoms with Crippen LogP contribution in [0.1, 0.15) is 52.5 Å². The monoisotopic (exact) mass is 463 g/mol. The van der Waals surface area contributed by atoms with E-state index in [-0.39, 0.29) is 29.8 Å². The molecule has 2 unspecified atom stereocenters. The Balaban J connectivity index is 1.68. The predicted molar refractivity (Wildman–Crippen MR) is 122 cm³/mol. The van der Waals surface area contributed by atoms with Gasteiger partial charge >= 0.3 is 0 Å². The van der Waals surface area contributed by atoms with Crippen molar-refractivity contribution in [1.29, 1.82) is 0 Å². The van der Waals surface area contributed by atoms with Gasteiger partial charge in [0.2, 0.25) is 5.91 Å². The number of allylic oxidation sites excluding steroid dienone is 2. The molecule has 0 radical (unpaired) electrons. The molecule has 2 atom stereocenters. The van der Waals surface area contributed by atoms with Gasteiger partial charge in [0.15, 0.2) is 0 Å². The van der Waals surface area contributed by atoms with E-state index < -0.39 is 23.8 Å². The van der Waals surface area contributed by atoms with Crippen LogP contribution in [0, 0.1) is 17.0 Å². The minimum atomic E-state index is -0.975. The number of halogens is 2. The lowest BCUT2D eigenvalue weighted by atomic mass is 9.86. The average Bonchev–Trinajstić information content (AvgIpc) is 3.44. The van der Waals surface area contributed by atoms with E-state index in [9.17, 15) is 23.9 Å². The zero-order valence-corrected chi connectivity index (χ0v) is 19.8. The van der Waals surface area contributed by atoms with Crippen LogP contribution in [0.5, 0.6) is 0 Å². The first-order chi connectivity index (χ1) is 15.3. The summed E-state index contributed by atoms with van der Waals surface area (Å²) in [6.07, 6.45) is 5.58. The van der Waals surface area contributed by atoms with Crippen LogP contribution >= 0.6 is 0 Å². The van der Waals surface area contributed by atoms with Crippen molar-refractivity contribution in [2.24, 2.45) is 5.41 Å². The number of nitrogens with zero attached hydrogens (tertiary/aromatic N) is 1. The molecule has 1 aromatic carbocycles. The van der Waals surface area contributed by atoms with Crippen molar-refractivity contribution in [3.05, 3.63) is 58.8 Å². The number of carbonyl (C=O) groups excluding carboxylic acids is 1. The molecule has 8 heteroatoms. The summed E-state index contributed by atoms with van der Waals surface area (Å²) in [5.41, 5.74) is 2.22. The third-order valence-corrected chi connectivity index (χ3v) is 5.99. The molecule has 1 aliphatic heterocycles. The highest BCUT2D eigenvalue weighted by atomic mass is 19.1. The number of nitrogens with one attached hydrogen (secondary N) is 2. The van der Waals surface area contributed by atoms with Crippen molar-refractivity contribution in [2.75, 3.05) is 13.1 Å². The summed E-state index contributed by atoms with van der Waals surface area (Å²) in [6, 6.07) is 2.48. The minimum Gasteiger partial charge on any atom is -0.390 e. The van der Waals surface area contributed by atoms with E-state index in [1.807, 2.05) is 0 Å². The Morgan fingerprint density at radius 2 is 1.85 bits per heavy atom. The number of aliphatic hydroxyl groups excluding tert-OH is 1. The van der Waals surface area contributed by atoms with Gasteiger partial charge in [-0.1, -0.05) is 26.8 Å². The standard InChI is InChI=1S/C25H35F2N3O3/c1-16(31)29-22(10-17-8-20(26)11-21(27)9-17)23(32)13-28-25(5-6-25)19-7-18(12-24(2,3)4)14-30(33)15-19/h7-9,11,14,22-23,28,32-33H,5-6,10,12-13,15H2,1-4H3,(H,29,31). The molecule has 0 saturated heterocycles. The smallest absolute Gasteiger partial charge is 0.217 e. The van der Waals surface area contributed by atoms with E-state index in [2.05, 4.69) is 37.5 Å². The van der Waals surface area contributed by atoms with Gasteiger partial charge < -0.3 is 15.7 Å². The van der Waals surface area contributed by atoms with Crippen LogP contribution in [-0.2, 0) is 11.2 Å². The van der Waals surface area contributed by atoms with Crippen LogP contribution < -0.4 is 10.6 Å². The largest absolute Gasteiger partial charge is 0.390 e. The van der Waals surface area contributed by atoms with Crippen molar-refractivity contribution in [1.82, 2.24) is 15.7 Å². The van der Waals surface area contributed by atoms with E-state index >= 15 is 0 Å². The second-order valence-electron chi connectivity index (χ2n) is 10.5. The Kier molecular flexibility index (Phi) is 7.61. The second kappa shape index (κ2) is 9.91. The molecule has 1 amide bonds. The molecule has 0 bridgehead atoms. The molecule has 3 rings (SSSR count). The van der Waals surface area contributed by atoms with Crippen molar-refractivity contribution in [2.45, 2.75) is 71.1 Å². The number of amides is 1. The number of hydrogen-bond donors (Lipinski definition) is 4. The Morgan fingerprint density at radius 1 is 1.21 bits per heavy atom. The Hall–Kier alpha value is -2.29. The molecule has 182 valence electrons. The molecule has 1 heterocycles. The number of carbonyl (C=O) groups is 1. The van der Waals surface area contributed by atoms with Gasteiger partial charge in [-0.05, 0) is 59.9 Å². The van der Waals surface area contributed by atoms with Crippen molar-refractivity contribution < 1.29 is 23.9 Å². The Bertz CT molecular complexity index is 915. The van der Waals surface area contributed by atoms with Crippen LogP contribution in [0.15, 0.2) is 41.6 Å². The number of benzene rings is 1. The fourth-order valence-corrected chi connectivity index (χ4v) is 4.42. The second-order valence-corrected chi connectivity index (χ2v) is 10.5. The van der Waals surface area contributed by atoms with Gasteiger partial charge in [0.25, 0.3) is 0 Å². The van der Waals surface area contributed by atoms with E-state index in [4.69, 9.17) is 0 Å². The molecule has 1 saturated carbocycles. The Labute approximate surface area is 194 Å². The van der Waals surface area contributed by atoms with Gasteiger partial charge in [-0.15, -0.1) is 0 Å². The maximum absolute atomic E-state index is 13.6. The molecule has 4 N–H and O–H groups in total. The van der Waals surface area contributed by atoms with Gasteiger partial charge in [0, 0.05) is 31.3 Å². The van der Waals surface area contributed by atoms with E-state index in [0.717, 1.165) is 36.5 Å². The third-order valence-electron chi connectivity index (χ3n) is 5.99. The zero-order valence-electron chi connectivity index (χ0n) is 19.8. The highest BCUT2D eigenvalue weighted by Gasteiger charge is 2.47. The first-order valence-electron chi connectivity index (χ1n) is 11.4. The minimum absolute atomic E-state index is 0.0773. The van der Waals surface area contributed by atoms with E-state index in [0.29, 0.717) is 12.1 Å². The number of hydroxylamine groups is 2. The summed E-state index contributed by atoms with van der Waals surface area (Å²) in [6.45, 7) is 8.34. The summed E-state index contributed by atoms with van der Waals surface area (Å²) in [7, 11) is 0. The fraction of sp³-hybridized carbons (Fsp3) is 0.560. The third kappa shape index (κ3) is 7.35. The molecule has 2 aliphatic rings. The number of aliphatic hydroxyl groups is 1. The molecular weight excluding hydrogens is 428 g/mol. The zero-order chi connectivity index (χ0) is 24.4. The van der Waals surface area contributed by atoms with E-state index in [1.54, 1.807) is 6.20 Å². The van der Waals surface area contributed by atoms with Gasteiger partial charge in [-0.3, -0.25) is 15.1 Å². The predicted octanol–water partition coefficient (Wildman–Crippen LogP) is 3.45. The molecule has 1 aromatic rings. The van der Waals surface area contributed by atoms with E-state index in [1.165, 1.54) is 24.1 Å². The van der Waals surface area contributed by atoms with Gasteiger partial charge in [0.1, 0.15) is 11.6 Å². The lowest BCUT2D eigenvalue weighted by Crippen LogP contribution is -2.51. The highest BCUT2D eigenvalue weighted by Crippen LogP contribution is 2.44. The maximum atomic E-state index is 13.6. The molecule has 0 spiro atoms. The molecule has 1 fully saturated rings. The quantitative estimate of drug-likeness (QED) is 0.451. The molecule has 33 heavy (non-hydrogen) atoms. The summed E-state index contributed by atoms with van der Waals surface area (Å²) in [5, 5.41) is 28.4. The van der Waals surface area contributed by atoms with Crippen molar-refractivity contribution >= 4 is 5.91 Å². The lowest BCUT2D eigenvalue weighted by molar-refractivity contribution is -0.120.